The van der Waals surface area contributed by atoms with E-state index >= 15 is 0 Å². The number of carbonyl (C=O) groups is 1. The van der Waals surface area contributed by atoms with E-state index < -0.39 is 33.1 Å². The first-order valence-electron chi connectivity index (χ1n) is 9.52. The Hall–Kier alpha value is -2.87. The molecule has 0 heterocycles. The van der Waals surface area contributed by atoms with Gasteiger partial charge in [0.05, 0.1) is 23.1 Å². The fourth-order valence-corrected chi connectivity index (χ4v) is 4.22. The van der Waals surface area contributed by atoms with Gasteiger partial charge in [0.2, 0.25) is 0 Å². The molecule has 0 aromatic heterocycles. The van der Waals surface area contributed by atoms with E-state index in [2.05, 4.69) is 4.74 Å². The van der Waals surface area contributed by atoms with Crippen LogP contribution in [0.5, 0.6) is 0 Å². The predicted molar refractivity (Wildman–Crippen MR) is 113 cm³/mol. The second-order valence-corrected chi connectivity index (χ2v) is 9.31. The molecule has 0 atom stereocenters. The van der Waals surface area contributed by atoms with Crippen LogP contribution in [0.15, 0.2) is 46.9 Å². The zero-order chi connectivity index (χ0) is 23.0. The monoisotopic (exact) mass is 450 g/mol. The number of methoxy groups -OCH3 is 1. The zero-order valence-electron chi connectivity index (χ0n) is 17.2. The Morgan fingerprint density at radius 3 is 2.42 bits per heavy atom. The van der Waals surface area contributed by atoms with Gasteiger partial charge in [0.25, 0.3) is 0 Å². The molecule has 1 aliphatic rings. The molecular weight excluding hydrogens is 429 g/mol. The van der Waals surface area contributed by atoms with Gasteiger partial charge in [-0.1, -0.05) is 31.6 Å². The van der Waals surface area contributed by atoms with Crippen LogP contribution in [0.3, 0.4) is 0 Å². The third-order valence-corrected chi connectivity index (χ3v) is 6.11. The Balaban J connectivity index is 2.15. The van der Waals surface area contributed by atoms with E-state index in [9.17, 15) is 26.4 Å². The summed E-state index contributed by atoms with van der Waals surface area (Å²) in [5.74, 6) is -1.07. The van der Waals surface area contributed by atoms with Crippen LogP contribution in [-0.4, -0.2) is 27.8 Å². The number of halogens is 3. The maximum absolute atomic E-state index is 13.3. The first-order chi connectivity index (χ1) is 14.5. The molecule has 0 bridgehead atoms. The minimum atomic E-state index is -4.69. The molecule has 0 saturated carbocycles. The van der Waals surface area contributed by atoms with Crippen molar-refractivity contribution in [3.8, 4) is 0 Å². The number of hydrogen-bond donors (Lipinski definition) is 0. The normalized spacial score (nSPS) is 15.0. The Morgan fingerprint density at radius 1 is 1.13 bits per heavy atom. The largest absolute Gasteiger partial charge is 0.465 e. The van der Waals surface area contributed by atoms with Crippen LogP contribution in [0, 0.1) is 0 Å². The van der Waals surface area contributed by atoms with Gasteiger partial charge in [0, 0.05) is 6.26 Å². The van der Waals surface area contributed by atoms with Crippen LogP contribution >= 0.6 is 0 Å². The Morgan fingerprint density at radius 2 is 1.84 bits per heavy atom. The summed E-state index contributed by atoms with van der Waals surface area (Å²) in [4.78, 5) is 12.2. The molecule has 0 N–H and O–H groups in total. The molecule has 164 valence electrons. The molecular formula is C23H21F3O4S. The van der Waals surface area contributed by atoms with Gasteiger partial charge in [-0.3, -0.25) is 0 Å². The molecule has 3 rings (SSSR count). The van der Waals surface area contributed by atoms with Crippen LogP contribution in [0.1, 0.15) is 52.4 Å². The lowest BCUT2D eigenvalue weighted by Crippen LogP contribution is -2.14. The number of allylic oxidation sites excluding steroid dienone is 2. The van der Waals surface area contributed by atoms with E-state index in [4.69, 9.17) is 0 Å². The van der Waals surface area contributed by atoms with E-state index in [-0.39, 0.29) is 4.90 Å². The second-order valence-electron chi connectivity index (χ2n) is 7.29. The highest BCUT2D eigenvalue weighted by molar-refractivity contribution is 7.90. The molecule has 0 radical (unpaired) electrons. The van der Waals surface area contributed by atoms with Crippen molar-refractivity contribution in [3.63, 3.8) is 0 Å². The number of benzene rings is 2. The molecule has 0 unspecified atom stereocenters. The van der Waals surface area contributed by atoms with Gasteiger partial charge in [0.1, 0.15) is 0 Å². The smallest absolute Gasteiger partial charge is 0.417 e. The third-order valence-electron chi connectivity index (χ3n) is 5.00. The summed E-state index contributed by atoms with van der Waals surface area (Å²) in [6, 6.07) is 8.13. The summed E-state index contributed by atoms with van der Waals surface area (Å²) in [5.41, 5.74) is 2.04. The van der Waals surface area contributed by atoms with Crippen molar-refractivity contribution >= 4 is 33.5 Å². The Labute approximate surface area is 179 Å². The number of alkyl halides is 3. The van der Waals surface area contributed by atoms with E-state index in [0.29, 0.717) is 12.0 Å². The number of hydrogen-bond acceptors (Lipinski definition) is 4. The number of ether oxygens (including phenoxy) is 1. The topological polar surface area (TPSA) is 60.4 Å². The van der Waals surface area contributed by atoms with Crippen molar-refractivity contribution in [2.45, 2.75) is 30.8 Å². The summed E-state index contributed by atoms with van der Waals surface area (Å²) in [6.07, 6.45) is 1.58. The van der Waals surface area contributed by atoms with Gasteiger partial charge in [-0.05, 0) is 64.6 Å². The van der Waals surface area contributed by atoms with Gasteiger partial charge < -0.3 is 4.74 Å². The Kier molecular flexibility index (Phi) is 6.14. The first kappa shape index (κ1) is 22.8. The average molecular weight is 450 g/mol. The van der Waals surface area contributed by atoms with Crippen molar-refractivity contribution in [2.24, 2.45) is 0 Å². The van der Waals surface area contributed by atoms with E-state index in [1.807, 2.05) is 13.0 Å². The van der Waals surface area contributed by atoms with Crippen molar-refractivity contribution < 1.29 is 31.1 Å². The van der Waals surface area contributed by atoms with Gasteiger partial charge in [0.15, 0.2) is 9.84 Å². The molecule has 2 aromatic rings. The number of sulfone groups is 1. The molecule has 0 fully saturated rings. The van der Waals surface area contributed by atoms with Gasteiger partial charge >= 0.3 is 12.1 Å². The molecule has 1 aliphatic carbocycles. The molecule has 0 aliphatic heterocycles. The van der Waals surface area contributed by atoms with E-state index in [1.54, 1.807) is 18.2 Å². The number of rotatable bonds is 5. The van der Waals surface area contributed by atoms with Crippen molar-refractivity contribution in [1.82, 2.24) is 0 Å². The quantitative estimate of drug-likeness (QED) is 0.554. The fourth-order valence-electron chi connectivity index (χ4n) is 3.57. The lowest BCUT2D eigenvalue weighted by molar-refractivity contribution is -0.138. The van der Waals surface area contributed by atoms with Crippen LogP contribution in [0.4, 0.5) is 13.2 Å². The van der Waals surface area contributed by atoms with Crippen molar-refractivity contribution in [2.75, 3.05) is 13.4 Å². The lowest BCUT2D eigenvalue weighted by Gasteiger charge is -2.13. The van der Waals surface area contributed by atoms with E-state index in [0.717, 1.165) is 54.2 Å². The summed E-state index contributed by atoms with van der Waals surface area (Å²) in [5, 5.41) is 0. The summed E-state index contributed by atoms with van der Waals surface area (Å²) < 4.78 is 68.2. The van der Waals surface area contributed by atoms with Crippen LogP contribution in [0.25, 0.3) is 17.7 Å². The maximum atomic E-state index is 13.3. The van der Waals surface area contributed by atoms with Gasteiger partial charge in [-0.2, -0.15) is 13.2 Å². The number of carbonyl (C=O) groups excluding carboxylic acids is 1. The highest BCUT2D eigenvalue weighted by atomic mass is 32.2. The highest BCUT2D eigenvalue weighted by Crippen LogP contribution is 2.40. The van der Waals surface area contributed by atoms with Crippen LogP contribution in [-0.2, 0) is 20.8 Å². The molecule has 0 spiro atoms. The molecule has 2 aromatic carbocycles. The van der Waals surface area contributed by atoms with Crippen LogP contribution in [0.2, 0.25) is 0 Å². The summed E-state index contributed by atoms with van der Waals surface area (Å²) >= 11 is 0. The molecule has 8 heteroatoms. The summed E-state index contributed by atoms with van der Waals surface area (Å²) in [7, 11) is -2.34. The third kappa shape index (κ3) is 4.74. The SMILES string of the molecule is CCCC1=Cc2cc(S(C)(=O)=O)ccc2/C1=C\c1ccc(C(F)(F)F)c(C(=O)OC)c1. The number of fused-ring (bicyclic) bond motifs is 1. The average Bonchev–Trinajstić information content (AvgIpc) is 3.02. The van der Waals surface area contributed by atoms with Crippen molar-refractivity contribution in [1.29, 1.82) is 0 Å². The first-order valence-corrected chi connectivity index (χ1v) is 11.4. The summed E-state index contributed by atoms with van der Waals surface area (Å²) in [6.45, 7) is 2.00. The highest BCUT2D eigenvalue weighted by Gasteiger charge is 2.35. The second kappa shape index (κ2) is 8.34. The Bertz CT molecular complexity index is 1210. The molecule has 0 saturated heterocycles. The molecule has 31 heavy (non-hydrogen) atoms. The predicted octanol–water partition coefficient (Wildman–Crippen LogP) is 5.63. The minimum absolute atomic E-state index is 0.196. The van der Waals surface area contributed by atoms with Crippen molar-refractivity contribution in [3.05, 3.63) is 69.8 Å². The van der Waals surface area contributed by atoms with Gasteiger partial charge in [-0.15, -0.1) is 0 Å². The number of esters is 1. The maximum Gasteiger partial charge on any atom is 0.417 e. The molecule has 4 nitrogen and oxygen atoms in total. The van der Waals surface area contributed by atoms with Crippen LogP contribution < -0.4 is 0 Å². The standard InChI is InChI=1S/C23H21F3O4S/c1-4-5-15-12-16-13-17(31(3,28)29)7-8-18(16)19(15)10-14-6-9-21(23(24,25)26)20(11-14)22(27)30-2/h6-13H,4-5H2,1-3H3/b19-10-. The van der Waals surface area contributed by atoms with E-state index in [1.165, 1.54) is 12.1 Å². The molecule has 0 amide bonds. The minimum Gasteiger partial charge on any atom is -0.465 e. The zero-order valence-corrected chi connectivity index (χ0v) is 18.0. The fraction of sp³-hybridized carbons (Fsp3) is 0.261. The van der Waals surface area contributed by atoms with Gasteiger partial charge in [-0.25, -0.2) is 13.2 Å². The lowest BCUT2D eigenvalue weighted by atomic mass is 9.96.